The number of benzene rings is 2. The summed E-state index contributed by atoms with van der Waals surface area (Å²) in [7, 11) is 1.43. The van der Waals surface area contributed by atoms with Crippen molar-refractivity contribution in [1.82, 2.24) is 0 Å². The van der Waals surface area contributed by atoms with Crippen LogP contribution in [0.2, 0.25) is 0 Å². The van der Waals surface area contributed by atoms with E-state index in [-0.39, 0.29) is 28.0 Å². The monoisotopic (exact) mass is 446 g/mol. The Bertz CT molecular complexity index is 1150. The molecular weight excluding hydrogens is 424 g/mol. The van der Waals surface area contributed by atoms with Gasteiger partial charge in [0, 0.05) is 12.1 Å². The van der Waals surface area contributed by atoms with E-state index in [1.54, 1.807) is 12.1 Å². The van der Waals surface area contributed by atoms with E-state index in [1.807, 2.05) is 0 Å². The first-order chi connectivity index (χ1) is 15.3. The highest BCUT2D eigenvalue weighted by Gasteiger charge is 2.44. The Kier molecular flexibility index (Phi) is 6.04. The van der Waals surface area contributed by atoms with Crippen LogP contribution in [0.5, 0.6) is 17.2 Å². The normalized spacial score (nSPS) is 25.6. The Labute approximate surface area is 181 Å². The van der Waals surface area contributed by atoms with E-state index < -0.39 is 42.7 Å². The number of aliphatic hydroxyl groups is 4. The lowest BCUT2D eigenvalue weighted by Crippen LogP contribution is -2.60. The van der Waals surface area contributed by atoms with Crippen molar-refractivity contribution >= 4 is 11.0 Å². The quantitative estimate of drug-likeness (QED) is 0.370. The minimum Gasteiger partial charge on any atom is -0.507 e. The SMILES string of the molecule is COc1cc(O)c2c(=O)c(-c3ccc(O[C@@H]4O[C@@H](CO)[C@H](O)[C@H](O)[C@H]4O)cc3)coc2c1. The minimum absolute atomic E-state index is 0.0185. The standard InChI is InChI=1S/C22H22O10/c1-29-12-6-14(24)17-15(7-12)30-9-13(18(17)25)10-2-4-11(5-3-10)31-22-21(28)20(27)19(26)16(8-23)32-22/h2-7,9,16,19-24,26-28H,8H2,1H3/t16-,19-,20-,21+,22+/m0/s1. The Balaban J connectivity index is 1.59. The van der Waals surface area contributed by atoms with Gasteiger partial charge in [-0.1, -0.05) is 12.1 Å². The number of aromatic hydroxyl groups is 1. The highest BCUT2D eigenvalue weighted by atomic mass is 16.7. The van der Waals surface area contributed by atoms with Crippen LogP contribution in [0.4, 0.5) is 0 Å². The molecule has 0 radical (unpaired) electrons. The second-order valence-electron chi connectivity index (χ2n) is 7.34. The van der Waals surface area contributed by atoms with Gasteiger partial charge in [-0.15, -0.1) is 0 Å². The van der Waals surface area contributed by atoms with Crippen molar-refractivity contribution in [3.05, 3.63) is 52.9 Å². The smallest absolute Gasteiger partial charge is 0.229 e. The average molecular weight is 446 g/mol. The maximum atomic E-state index is 12.9. The zero-order chi connectivity index (χ0) is 23.0. The van der Waals surface area contributed by atoms with Gasteiger partial charge in [-0.2, -0.15) is 0 Å². The molecule has 1 aliphatic heterocycles. The van der Waals surface area contributed by atoms with Crippen molar-refractivity contribution in [2.45, 2.75) is 30.7 Å². The van der Waals surface area contributed by atoms with Crippen LogP contribution in [0.15, 0.2) is 51.9 Å². The van der Waals surface area contributed by atoms with Gasteiger partial charge in [0.05, 0.1) is 19.3 Å². The third kappa shape index (κ3) is 3.90. The van der Waals surface area contributed by atoms with E-state index in [0.717, 1.165) is 0 Å². The molecule has 1 aromatic heterocycles. The van der Waals surface area contributed by atoms with E-state index in [2.05, 4.69) is 0 Å². The summed E-state index contributed by atoms with van der Waals surface area (Å²) in [6.07, 6.45) is -5.73. The summed E-state index contributed by atoms with van der Waals surface area (Å²) in [5.74, 6) is 0.328. The summed E-state index contributed by atoms with van der Waals surface area (Å²) >= 11 is 0. The summed E-state index contributed by atoms with van der Waals surface area (Å²) < 4.78 is 21.4. The predicted octanol–water partition coefficient (Wildman–Crippen LogP) is 0.353. The summed E-state index contributed by atoms with van der Waals surface area (Å²) in [6.45, 7) is -0.569. The highest BCUT2D eigenvalue weighted by molar-refractivity contribution is 5.88. The molecule has 2 heterocycles. The van der Waals surface area contributed by atoms with E-state index in [1.165, 1.54) is 37.6 Å². The Morgan fingerprint density at radius 1 is 1.00 bits per heavy atom. The van der Waals surface area contributed by atoms with Crippen LogP contribution in [0.25, 0.3) is 22.1 Å². The number of ether oxygens (including phenoxy) is 3. The average Bonchev–Trinajstić information content (AvgIpc) is 2.80. The fourth-order valence-electron chi connectivity index (χ4n) is 3.54. The van der Waals surface area contributed by atoms with E-state index in [0.29, 0.717) is 11.3 Å². The molecular formula is C22H22O10. The van der Waals surface area contributed by atoms with Crippen LogP contribution < -0.4 is 14.9 Å². The van der Waals surface area contributed by atoms with Gasteiger partial charge in [0.1, 0.15) is 58.9 Å². The first kappa shape index (κ1) is 22.1. The van der Waals surface area contributed by atoms with Crippen molar-refractivity contribution in [2.24, 2.45) is 0 Å². The van der Waals surface area contributed by atoms with Gasteiger partial charge in [0.15, 0.2) is 0 Å². The predicted molar refractivity (Wildman–Crippen MR) is 111 cm³/mol. The molecule has 3 aromatic rings. The molecule has 4 rings (SSSR count). The van der Waals surface area contributed by atoms with Gasteiger partial charge in [0.2, 0.25) is 11.7 Å². The second-order valence-corrected chi connectivity index (χ2v) is 7.34. The van der Waals surface area contributed by atoms with Gasteiger partial charge in [-0.25, -0.2) is 0 Å². The molecule has 0 unspecified atom stereocenters. The molecule has 1 aliphatic rings. The number of rotatable bonds is 5. The topological polar surface area (TPSA) is 159 Å². The first-order valence-corrected chi connectivity index (χ1v) is 9.74. The number of aliphatic hydroxyl groups excluding tert-OH is 4. The number of phenolic OH excluding ortho intramolecular Hbond substituents is 1. The fourth-order valence-corrected chi connectivity index (χ4v) is 3.54. The summed E-state index contributed by atoms with van der Waals surface area (Å²) in [6, 6.07) is 8.97. The van der Waals surface area contributed by atoms with E-state index >= 15 is 0 Å². The number of hydrogen-bond acceptors (Lipinski definition) is 10. The van der Waals surface area contributed by atoms with Crippen LogP contribution in [-0.4, -0.2) is 70.0 Å². The molecule has 2 aromatic carbocycles. The molecule has 32 heavy (non-hydrogen) atoms. The van der Waals surface area contributed by atoms with E-state index in [9.17, 15) is 30.3 Å². The molecule has 0 bridgehead atoms. The Morgan fingerprint density at radius 3 is 2.38 bits per heavy atom. The number of hydrogen-bond donors (Lipinski definition) is 5. The van der Waals surface area contributed by atoms with Crippen LogP contribution in [0, 0.1) is 0 Å². The molecule has 0 spiro atoms. The van der Waals surface area contributed by atoms with Crippen molar-refractivity contribution in [1.29, 1.82) is 0 Å². The number of phenols is 1. The van der Waals surface area contributed by atoms with Crippen LogP contribution in [0.3, 0.4) is 0 Å². The molecule has 0 aliphatic carbocycles. The zero-order valence-corrected chi connectivity index (χ0v) is 16.9. The molecule has 5 N–H and O–H groups in total. The Hall–Kier alpha value is -3.15. The minimum atomic E-state index is -1.56. The lowest BCUT2D eigenvalue weighted by molar-refractivity contribution is -0.277. The van der Waals surface area contributed by atoms with Gasteiger partial charge in [0.25, 0.3) is 0 Å². The maximum Gasteiger partial charge on any atom is 0.229 e. The third-order valence-electron chi connectivity index (χ3n) is 5.33. The van der Waals surface area contributed by atoms with Crippen molar-refractivity contribution in [2.75, 3.05) is 13.7 Å². The lowest BCUT2D eigenvalue weighted by Gasteiger charge is -2.39. The summed E-state index contributed by atoms with van der Waals surface area (Å²) in [5, 5.41) is 49.3. The fraction of sp³-hybridized carbons (Fsp3) is 0.318. The molecule has 0 saturated carbocycles. The van der Waals surface area contributed by atoms with Gasteiger partial charge < -0.3 is 44.2 Å². The van der Waals surface area contributed by atoms with Crippen molar-refractivity contribution in [3.8, 4) is 28.4 Å². The van der Waals surface area contributed by atoms with Crippen molar-refractivity contribution in [3.63, 3.8) is 0 Å². The molecule has 10 nitrogen and oxygen atoms in total. The van der Waals surface area contributed by atoms with Crippen molar-refractivity contribution < 1.29 is 44.2 Å². The maximum absolute atomic E-state index is 12.9. The lowest BCUT2D eigenvalue weighted by atomic mass is 9.99. The first-order valence-electron chi connectivity index (χ1n) is 9.74. The van der Waals surface area contributed by atoms with Gasteiger partial charge in [-0.05, 0) is 17.7 Å². The van der Waals surface area contributed by atoms with Crippen LogP contribution >= 0.6 is 0 Å². The highest BCUT2D eigenvalue weighted by Crippen LogP contribution is 2.31. The summed E-state index contributed by atoms with van der Waals surface area (Å²) in [4.78, 5) is 12.9. The molecule has 10 heteroatoms. The van der Waals surface area contributed by atoms with Gasteiger partial charge in [-0.3, -0.25) is 4.79 Å². The van der Waals surface area contributed by atoms with Gasteiger partial charge >= 0.3 is 0 Å². The molecule has 170 valence electrons. The molecule has 0 amide bonds. The zero-order valence-electron chi connectivity index (χ0n) is 16.9. The van der Waals surface area contributed by atoms with E-state index in [4.69, 9.17) is 18.6 Å². The Morgan fingerprint density at radius 2 is 1.72 bits per heavy atom. The summed E-state index contributed by atoms with van der Waals surface area (Å²) in [5.41, 5.74) is 0.432. The molecule has 1 saturated heterocycles. The largest absolute Gasteiger partial charge is 0.507 e. The number of methoxy groups -OCH3 is 1. The third-order valence-corrected chi connectivity index (χ3v) is 5.33. The number of fused-ring (bicyclic) bond motifs is 1. The second kappa shape index (κ2) is 8.77. The van der Waals surface area contributed by atoms with Crippen LogP contribution in [0.1, 0.15) is 0 Å². The molecule has 1 fully saturated rings. The van der Waals surface area contributed by atoms with Crippen LogP contribution in [-0.2, 0) is 4.74 Å². The molecule has 5 atom stereocenters.